The highest BCUT2D eigenvalue weighted by atomic mass is 16.5. The lowest BCUT2D eigenvalue weighted by Crippen LogP contribution is -2.22. The van der Waals surface area contributed by atoms with Gasteiger partial charge in [0.25, 0.3) is 0 Å². The molecule has 206 valence electrons. The predicted molar refractivity (Wildman–Crippen MR) is 147 cm³/mol. The van der Waals surface area contributed by atoms with Crippen LogP contribution in [-0.4, -0.2) is 32.5 Å². The first kappa shape index (κ1) is 30.7. The van der Waals surface area contributed by atoms with E-state index in [0.29, 0.717) is 35.1 Å². The van der Waals surface area contributed by atoms with Gasteiger partial charge in [-0.25, -0.2) is 0 Å². The number of rotatable bonds is 9. The van der Waals surface area contributed by atoms with Crippen LogP contribution in [0.3, 0.4) is 0 Å². The normalized spacial score (nSPS) is 14.8. The number of carbonyl (C=O) groups excluding carboxylic acids is 1. The van der Waals surface area contributed by atoms with Crippen LogP contribution in [0, 0.1) is 13.8 Å². The summed E-state index contributed by atoms with van der Waals surface area (Å²) >= 11 is 0. The average Bonchev–Trinajstić information content (AvgIpc) is 2.78. The Morgan fingerprint density at radius 1 is 0.784 bits per heavy atom. The maximum Gasteiger partial charge on any atom is 0.305 e. The molecule has 0 bridgehead atoms. The van der Waals surface area contributed by atoms with Gasteiger partial charge in [-0.05, 0) is 95.2 Å². The summed E-state index contributed by atoms with van der Waals surface area (Å²) in [5.74, 6) is 0.0962. The molecule has 6 heteroatoms. The van der Waals surface area contributed by atoms with Gasteiger partial charge in [0.2, 0.25) is 0 Å². The van der Waals surface area contributed by atoms with Gasteiger partial charge in [-0.15, -0.1) is 0 Å². The summed E-state index contributed by atoms with van der Waals surface area (Å²) in [6.45, 7) is 17.4. The van der Waals surface area contributed by atoms with Crippen LogP contribution in [0.5, 0.6) is 11.5 Å². The van der Waals surface area contributed by atoms with Gasteiger partial charge in [-0.3, -0.25) is 4.79 Å². The van der Waals surface area contributed by atoms with Crippen LogP contribution in [0.4, 0.5) is 0 Å². The largest absolute Gasteiger partial charge is 0.507 e. The fraction of sp³-hybridized carbons (Fsp3) is 0.581. The monoisotopic (exact) mass is 514 g/mol. The summed E-state index contributed by atoms with van der Waals surface area (Å²) in [7, 11) is 0. The van der Waals surface area contributed by atoms with Gasteiger partial charge in [-0.1, -0.05) is 48.5 Å². The van der Waals surface area contributed by atoms with Crippen molar-refractivity contribution in [3.05, 3.63) is 57.6 Å². The molecule has 0 fully saturated rings. The third-order valence-electron chi connectivity index (χ3n) is 6.87. The molecular formula is C31H46O6. The molecule has 0 spiro atoms. The molecule has 6 nitrogen and oxygen atoms in total. The molecule has 2 rings (SSSR count). The van der Waals surface area contributed by atoms with Crippen LogP contribution in [0.25, 0.3) is 0 Å². The van der Waals surface area contributed by atoms with Crippen molar-refractivity contribution in [2.75, 3.05) is 0 Å². The highest BCUT2D eigenvalue weighted by molar-refractivity contribution is 5.69. The van der Waals surface area contributed by atoms with Crippen LogP contribution >= 0.6 is 0 Å². The van der Waals surface area contributed by atoms with Gasteiger partial charge < -0.3 is 25.2 Å². The Morgan fingerprint density at radius 3 is 1.62 bits per heavy atom. The van der Waals surface area contributed by atoms with Crippen molar-refractivity contribution in [1.29, 1.82) is 0 Å². The highest BCUT2D eigenvalue weighted by Crippen LogP contribution is 2.38. The van der Waals surface area contributed by atoms with E-state index in [2.05, 4.69) is 0 Å². The van der Waals surface area contributed by atoms with E-state index < -0.39 is 18.3 Å². The summed E-state index contributed by atoms with van der Waals surface area (Å²) < 4.78 is 5.65. The quantitative estimate of drug-likeness (QED) is 0.282. The number of aromatic hydroxyl groups is 2. The first-order valence-electron chi connectivity index (χ1n) is 13.2. The number of benzene rings is 2. The highest BCUT2D eigenvalue weighted by Gasteiger charge is 2.26. The minimum absolute atomic E-state index is 0.175. The molecule has 0 aromatic heterocycles. The van der Waals surface area contributed by atoms with Crippen LogP contribution in [0.15, 0.2) is 24.3 Å². The number of carbonyl (C=O) groups is 1. The second-order valence-corrected chi connectivity index (χ2v) is 12.3. The van der Waals surface area contributed by atoms with Crippen LogP contribution in [0.2, 0.25) is 0 Å². The molecule has 0 aliphatic carbocycles. The first-order valence-corrected chi connectivity index (χ1v) is 13.2. The topological polar surface area (TPSA) is 107 Å². The van der Waals surface area contributed by atoms with E-state index in [4.69, 9.17) is 4.74 Å². The average molecular weight is 515 g/mol. The van der Waals surface area contributed by atoms with Crippen molar-refractivity contribution >= 4 is 5.97 Å². The predicted octanol–water partition coefficient (Wildman–Crippen LogP) is 6.57. The van der Waals surface area contributed by atoms with E-state index in [9.17, 15) is 25.2 Å². The van der Waals surface area contributed by atoms with Crippen LogP contribution < -0.4 is 0 Å². The Labute approximate surface area is 222 Å². The Bertz CT molecular complexity index is 1090. The first-order chi connectivity index (χ1) is 16.9. The minimum atomic E-state index is -0.907. The Morgan fingerprint density at radius 2 is 1.22 bits per heavy atom. The lowest BCUT2D eigenvalue weighted by Gasteiger charge is -2.26. The lowest BCUT2D eigenvalue weighted by molar-refractivity contribution is -0.150. The zero-order valence-corrected chi connectivity index (χ0v) is 24.0. The zero-order valence-electron chi connectivity index (χ0n) is 24.0. The van der Waals surface area contributed by atoms with E-state index >= 15 is 0 Å². The molecule has 0 saturated heterocycles. The van der Waals surface area contributed by atoms with Crippen molar-refractivity contribution in [2.45, 2.75) is 117 Å². The van der Waals surface area contributed by atoms with Gasteiger partial charge in [0.1, 0.15) is 17.6 Å². The third-order valence-corrected chi connectivity index (χ3v) is 6.87. The smallest absolute Gasteiger partial charge is 0.305 e. The minimum Gasteiger partial charge on any atom is -0.507 e. The summed E-state index contributed by atoms with van der Waals surface area (Å²) in [5.41, 5.74) is 3.64. The van der Waals surface area contributed by atoms with Crippen molar-refractivity contribution in [3.63, 3.8) is 0 Å². The fourth-order valence-corrected chi connectivity index (χ4v) is 4.53. The molecule has 4 N–H and O–H groups in total. The second kappa shape index (κ2) is 11.9. The third kappa shape index (κ3) is 7.96. The number of aliphatic hydroxyl groups is 2. The Kier molecular flexibility index (Phi) is 9.83. The number of phenolic OH excluding ortho intramolecular Hbond substituents is 2. The number of aliphatic hydroxyl groups excluding tert-OH is 2. The summed E-state index contributed by atoms with van der Waals surface area (Å²) in [6.07, 6.45) is -1.24. The van der Waals surface area contributed by atoms with Crippen LogP contribution in [-0.2, 0) is 20.4 Å². The van der Waals surface area contributed by atoms with Crippen molar-refractivity contribution < 1.29 is 30.0 Å². The van der Waals surface area contributed by atoms with Gasteiger partial charge in [0.05, 0.1) is 12.2 Å². The SMILES string of the molecule is CCC(=O)OC(CCC(O)c1cc(C)c(O)c(C(C)(C)C)c1)CC(O)c1cc(C)c(O)c(C(C)(C)C)c1. The number of esters is 1. The maximum atomic E-state index is 12.1. The van der Waals surface area contributed by atoms with Gasteiger partial charge in [0.15, 0.2) is 0 Å². The number of hydrogen-bond donors (Lipinski definition) is 4. The Balaban J connectivity index is 2.26. The van der Waals surface area contributed by atoms with Gasteiger partial charge in [0, 0.05) is 12.8 Å². The number of phenols is 2. The van der Waals surface area contributed by atoms with Gasteiger partial charge in [-0.2, -0.15) is 0 Å². The molecule has 0 aliphatic rings. The van der Waals surface area contributed by atoms with E-state index in [1.807, 2.05) is 60.6 Å². The van der Waals surface area contributed by atoms with Gasteiger partial charge >= 0.3 is 5.97 Å². The maximum absolute atomic E-state index is 12.1. The zero-order chi connectivity index (χ0) is 28.3. The molecule has 3 atom stereocenters. The molecule has 2 aromatic carbocycles. The lowest BCUT2D eigenvalue weighted by atomic mass is 9.82. The molecule has 0 saturated carbocycles. The molecular weight excluding hydrogens is 468 g/mol. The van der Waals surface area contributed by atoms with E-state index in [-0.39, 0.29) is 41.1 Å². The summed E-state index contributed by atoms with van der Waals surface area (Å²) in [5, 5.41) is 43.1. The van der Waals surface area contributed by atoms with E-state index in [1.165, 1.54) is 0 Å². The van der Waals surface area contributed by atoms with Crippen molar-refractivity contribution in [2.24, 2.45) is 0 Å². The van der Waals surface area contributed by atoms with E-state index in [1.54, 1.807) is 26.0 Å². The second-order valence-electron chi connectivity index (χ2n) is 12.3. The molecule has 3 unspecified atom stereocenters. The summed E-state index contributed by atoms with van der Waals surface area (Å²) in [4.78, 5) is 12.1. The fourth-order valence-electron chi connectivity index (χ4n) is 4.53. The molecule has 0 heterocycles. The molecule has 37 heavy (non-hydrogen) atoms. The number of ether oxygens (including phenoxy) is 1. The molecule has 0 aliphatic heterocycles. The van der Waals surface area contributed by atoms with Crippen LogP contribution in [0.1, 0.15) is 120 Å². The molecule has 0 amide bonds. The summed E-state index contributed by atoms with van der Waals surface area (Å²) in [6, 6.07) is 7.19. The van der Waals surface area contributed by atoms with Crippen molar-refractivity contribution in [3.8, 4) is 11.5 Å². The van der Waals surface area contributed by atoms with Crippen molar-refractivity contribution in [1.82, 2.24) is 0 Å². The standard InChI is InChI=1S/C31H46O6/c1-10-27(34)37-22(17-26(33)21-14-19(3)29(36)24(16-21)31(7,8)9)11-12-25(32)20-13-18(2)28(35)23(15-20)30(4,5)6/h13-16,22,25-26,32-33,35-36H,10-12,17H2,1-9H3. The molecule has 2 aromatic rings. The molecule has 0 radical (unpaired) electrons. The van der Waals surface area contributed by atoms with E-state index in [0.717, 1.165) is 11.1 Å². The number of hydrogen-bond acceptors (Lipinski definition) is 6. The number of aryl methyl sites for hydroxylation is 2. The Hall–Kier alpha value is -2.57.